The highest BCUT2D eigenvalue weighted by molar-refractivity contribution is 5.94. The molecule has 7 heteroatoms. The third-order valence-electron chi connectivity index (χ3n) is 9.39. The van der Waals surface area contributed by atoms with E-state index in [1.54, 1.807) is 4.90 Å². The van der Waals surface area contributed by atoms with Crippen LogP contribution >= 0.6 is 0 Å². The number of carbonyl (C=O) groups is 4. The van der Waals surface area contributed by atoms with E-state index in [2.05, 4.69) is 13.8 Å². The van der Waals surface area contributed by atoms with Crippen LogP contribution < -0.4 is 5.73 Å². The molecule has 0 aromatic carbocycles. The number of rotatable bonds is 11. The van der Waals surface area contributed by atoms with E-state index in [-0.39, 0.29) is 53.0 Å². The van der Waals surface area contributed by atoms with Gasteiger partial charge in [-0.25, -0.2) is 0 Å². The second kappa shape index (κ2) is 10.4. The zero-order valence-electron chi connectivity index (χ0n) is 24.3. The maximum Gasteiger partial charge on any atom is 0.246 e. The Hall–Kier alpha value is -1.76. The van der Waals surface area contributed by atoms with Gasteiger partial charge in [-0.05, 0) is 40.4 Å². The lowest BCUT2D eigenvalue weighted by Gasteiger charge is -2.38. The molecule has 0 bridgehead atoms. The van der Waals surface area contributed by atoms with Gasteiger partial charge in [-0.15, -0.1) is 0 Å². The van der Waals surface area contributed by atoms with Gasteiger partial charge in [0.2, 0.25) is 11.8 Å². The summed E-state index contributed by atoms with van der Waals surface area (Å²) in [5, 5.41) is 10.5. The van der Waals surface area contributed by atoms with E-state index in [1.807, 2.05) is 41.5 Å². The predicted molar refractivity (Wildman–Crippen MR) is 143 cm³/mol. The number of nitrogens with two attached hydrogens (primary N) is 1. The molecule has 0 aromatic rings. The van der Waals surface area contributed by atoms with Gasteiger partial charge in [0.05, 0.1) is 6.04 Å². The molecule has 3 rings (SSSR count). The third-order valence-corrected chi connectivity index (χ3v) is 9.39. The largest absolute Gasteiger partial charge is 0.383 e. The Balaban J connectivity index is 1.83. The van der Waals surface area contributed by atoms with Crippen molar-refractivity contribution in [3.05, 3.63) is 0 Å². The number of fused-ring (bicyclic) bond motifs is 1. The van der Waals surface area contributed by atoms with Crippen molar-refractivity contribution >= 4 is 23.4 Å². The van der Waals surface area contributed by atoms with Crippen molar-refractivity contribution in [3.63, 3.8) is 0 Å². The molecule has 2 saturated carbocycles. The molecule has 1 aliphatic heterocycles. The van der Waals surface area contributed by atoms with Crippen molar-refractivity contribution in [3.8, 4) is 0 Å². The molecule has 2 aliphatic carbocycles. The maximum absolute atomic E-state index is 14.0. The standard InChI is InChI=1S/C30H50N2O5/c1-28(2,3)15-19(33)14-20(29(4,5)6)27(37)32-16-21-23(30(21,7)8)24(32)22(34)13-18(25(35)26(31)36)12-17-10-9-11-17/h17-18,20-21,23-25,35H,9-16H2,1-8H3,(H2,31,36)/t18?,20?,21-,23-,24+,25?/m0/s1. The number of nitrogens with zero attached hydrogens (tertiary/aromatic N) is 1. The smallest absolute Gasteiger partial charge is 0.246 e. The predicted octanol–water partition coefficient (Wildman–Crippen LogP) is 4.14. The average molecular weight is 519 g/mol. The molecule has 1 saturated heterocycles. The number of hydrogen-bond acceptors (Lipinski definition) is 5. The Morgan fingerprint density at radius 1 is 1.03 bits per heavy atom. The number of hydrogen-bond donors (Lipinski definition) is 2. The molecule has 3 aliphatic rings. The number of Topliss-reactive ketones (excluding diaryl/α,β-unsaturated/α-hetero) is 2. The molecule has 37 heavy (non-hydrogen) atoms. The highest BCUT2D eigenvalue weighted by Crippen LogP contribution is 2.65. The van der Waals surface area contributed by atoms with Gasteiger partial charge in [-0.1, -0.05) is 74.7 Å². The fraction of sp³-hybridized carbons (Fsp3) is 0.867. The van der Waals surface area contributed by atoms with Crippen LogP contribution in [0.15, 0.2) is 0 Å². The van der Waals surface area contributed by atoms with Crippen LogP contribution in [0.3, 0.4) is 0 Å². The van der Waals surface area contributed by atoms with E-state index in [0.29, 0.717) is 25.3 Å². The van der Waals surface area contributed by atoms with E-state index in [9.17, 15) is 24.3 Å². The van der Waals surface area contributed by atoms with E-state index in [4.69, 9.17) is 5.73 Å². The van der Waals surface area contributed by atoms with Gasteiger partial charge in [-0.2, -0.15) is 0 Å². The number of aliphatic hydroxyl groups is 1. The van der Waals surface area contributed by atoms with Gasteiger partial charge in [0.15, 0.2) is 5.78 Å². The lowest BCUT2D eigenvalue weighted by atomic mass is 9.74. The minimum Gasteiger partial charge on any atom is -0.383 e. The van der Waals surface area contributed by atoms with Crippen LogP contribution in [0.25, 0.3) is 0 Å². The minimum atomic E-state index is -1.37. The second-order valence-corrected chi connectivity index (χ2v) is 15.1. The highest BCUT2D eigenvalue weighted by atomic mass is 16.3. The Bertz CT molecular complexity index is 908. The monoisotopic (exact) mass is 518 g/mol. The van der Waals surface area contributed by atoms with Crippen molar-refractivity contribution in [2.24, 2.45) is 51.6 Å². The normalized spacial score (nSPS) is 27.6. The van der Waals surface area contributed by atoms with Gasteiger partial charge in [0.1, 0.15) is 11.9 Å². The lowest BCUT2D eigenvalue weighted by Crippen LogP contribution is -2.51. The van der Waals surface area contributed by atoms with Crippen molar-refractivity contribution in [2.75, 3.05) is 6.54 Å². The molecule has 3 N–H and O–H groups in total. The minimum absolute atomic E-state index is 0.0392. The fourth-order valence-corrected chi connectivity index (χ4v) is 6.83. The van der Waals surface area contributed by atoms with Gasteiger partial charge in [0, 0.05) is 37.6 Å². The van der Waals surface area contributed by atoms with E-state index < -0.39 is 35.3 Å². The number of carbonyl (C=O) groups excluding carboxylic acids is 4. The number of likely N-dealkylation sites (tertiary alicyclic amines) is 1. The van der Waals surface area contributed by atoms with Gasteiger partial charge >= 0.3 is 0 Å². The van der Waals surface area contributed by atoms with Crippen LogP contribution in [0.2, 0.25) is 0 Å². The molecule has 0 spiro atoms. The molecular weight excluding hydrogens is 468 g/mol. The number of ketones is 2. The number of aliphatic hydroxyl groups excluding tert-OH is 1. The molecule has 0 radical (unpaired) electrons. The lowest BCUT2D eigenvalue weighted by molar-refractivity contribution is -0.148. The summed E-state index contributed by atoms with van der Waals surface area (Å²) in [7, 11) is 0. The molecule has 3 unspecified atom stereocenters. The SMILES string of the molecule is CC(C)(C)CC(=O)CC(C(=O)N1C[C@H]2[C@@H]([C@H]1C(=O)CC(CC1CCC1)C(O)C(N)=O)C2(C)C)C(C)(C)C. The first-order valence-corrected chi connectivity index (χ1v) is 14.2. The summed E-state index contributed by atoms with van der Waals surface area (Å²) in [6.07, 6.45) is 3.05. The molecule has 1 heterocycles. The van der Waals surface area contributed by atoms with Crippen molar-refractivity contribution < 1.29 is 24.3 Å². The average Bonchev–Trinajstić information content (AvgIpc) is 3.06. The van der Waals surface area contributed by atoms with Gasteiger partial charge in [0.25, 0.3) is 0 Å². The molecule has 6 atom stereocenters. The zero-order chi connectivity index (χ0) is 28.1. The van der Waals surface area contributed by atoms with E-state index in [0.717, 1.165) is 19.3 Å². The Morgan fingerprint density at radius 2 is 1.62 bits per heavy atom. The summed E-state index contributed by atoms with van der Waals surface area (Å²) >= 11 is 0. The Morgan fingerprint density at radius 3 is 2.08 bits per heavy atom. The zero-order valence-corrected chi connectivity index (χ0v) is 24.3. The third kappa shape index (κ3) is 6.63. The first-order chi connectivity index (χ1) is 16.8. The highest BCUT2D eigenvalue weighted by Gasteiger charge is 2.69. The summed E-state index contributed by atoms with van der Waals surface area (Å²) in [6, 6.07) is -0.584. The van der Waals surface area contributed by atoms with Crippen LogP contribution in [0.5, 0.6) is 0 Å². The molecule has 7 nitrogen and oxygen atoms in total. The fourth-order valence-electron chi connectivity index (χ4n) is 6.83. The molecule has 3 fully saturated rings. The number of piperidine rings is 1. The molecule has 210 valence electrons. The van der Waals surface area contributed by atoms with Crippen LogP contribution in [0, 0.1) is 45.8 Å². The second-order valence-electron chi connectivity index (χ2n) is 15.1. The van der Waals surface area contributed by atoms with Crippen molar-refractivity contribution in [2.45, 2.75) is 112 Å². The summed E-state index contributed by atoms with van der Waals surface area (Å²) in [4.78, 5) is 54.4. The van der Waals surface area contributed by atoms with Gasteiger partial charge in [-0.3, -0.25) is 19.2 Å². The number of amides is 2. The summed E-state index contributed by atoms with van der Waals surface area (Å²) in [5.74, 6) is -1.29. The summed E-state index contributed by atoms with van der Waals surface area (Å²) < 4.78 is 0. The van der Waals surface area contributed by atoms with Crippen molar-refractivity contribution in [1.82, 2.24) is 4.90 Å². The first kappa shape index (κ1) is 29.8. The quantitative estimate of drug-likeness (QED) is 0.426. The molecule has 0 aromatic heterocycles. The van der Waals surface area contributed by atoms with Crippen molar-refractivity contribution in [1.29, 1.82) is 0 Å². The summed E-state index contributed by atoms with van der Waals surface area (Å²) in [6.45, 7) is 16.8. The molecular formula is C30H50N2O5. The molecule has 2 amide bonds. The maximum atomic E-state index is 14.0. The van der Waals surface area contributed by atoms with E-state index in [1.165, 1.54) is 0 Å². The van der Waals surface area contributed by atoms with Crippen LogP contribution in [-0.4, -0.2) is 52.1 Å². The van der Waals surface area contributed by atoms with Crippen LogP contribution in [0.4, 0.5) is 0 Å². The number of primary amides is 1. The van der Waals surface area contributed by atoms with Gasteiger partial charge < -0.3 is 15.7 Å². The topological polar surface area (TPSA) is 118 Å². The van der Waals surface area contributed by atoms with Crippen LogP contribution in [0.1, 0.15) is 100 Å². The Labute approximate surface area is 223 Å². The van der Waals surface area contributed by atoms with E-state index >= 15 is 0 Å². The first-order valence-electron chi connectivity index (χ1n) is 14.2. The van der Waals surface area contributed by atoms with Crippen LogP contribution in [-0.2, 0) is 19.2 Å². The Kier molecular flexibility index (Phi) is 8.39. The summed E-state index contributed by atoms with van der Waals surface area (Å²) in [5.41, 5.74) is 4.81.